The quantitative estimate of drug-likeness (QED) is 0.869. The number of likely N-dealkylation sites (tertiary alicyclic amines) is 1. The molecule has 0 spiro atoms. The number of hydrogen-bond acceptors (Lipinski definition) is 3. The van der Waals surface area contributed by atoms with Crippen molar-refractivity contribution < 1.29 is 4.79 Å². The highest BCUT2D eigenvalue weighted by Gasteiger charge is 2.46. The molecule has 1 aromatic heterocycles. The van der Waals surface area contributed by atoms with E-state index in [2.05, 4.69) is 50.9 Å². The summed E-state index contributed by atoms with van der Waals surface area (Å²) in [6, 6.07) is 10.4. The van der Waals surface area contributed by atoms with Gasteiger partial charge in [-0.25, -0.2) is 0 Å². The number of piperidine rings is 1. The lowest BCUT2D eigenvalue weighted by atomic mass is 9.95. The minimum atomic E-state index is 0.197. The first-order valence-corrected chi connectivity index (χ1v) is 8.99. The second-order valence-electron chi connectivity index (χ2n) is 6.93. The standard InChI is InChI=1S/C19H24N4O/c1-2-22-13-20-21-18(22)15-8-10-23(11-9-15)19(24)17-12-16(17)14-6-4-3-5-7-14/h3-7,13,15-17H,2,8-12H2,1H3. The minimum Gasteiger partial charge on any atom is -0.342 e. The molecular weight excluding hydrogens is 300 g/mol. The van der Waals surface area contributed by atoms with E-state index in [9.17, 15) is 4.79 Å². The summed E-state index contributed by atoms with van der Waals surface area (Å²) < 4.78 is 2.12. The van der Waals surface area contributed by atoms with Gasteiger partial charge in [0.2, 0.25) is 5.91 Å². The van der Waals surface area contributed by atoms with Crippen molar-refractivity contribution in [1.29, 1.82) is 0 Å². The Bertz CT molecular complexity index is 703. The summed E-state index contributed by atoms with van der Waals surface area (Å²) >= 11 is 0. The van der Waals surface area contributed by atoms with Crippen LogP contribution in [-0.4, -0.2) is 38.7 Å². The molecule has 2 heterocycles. The van der Waals surface area contributed by atoms with E-state index in [1.807, 2.05) is 12.4 Å². The van der Waals surface area contributed by atoms with Crippen molar-refractivity contribution in [2.75, 3.05) is 13.1 Å². The van der Waals surface area contributed by atoms with Crippen LogP contribution in [0.3, 0.4) is 0 Å². The van der Waals surface area contributed by atoms with Gasteiger partial charge in [0.05, 0.1) is 0 Å². The molecule has 0 N–H and O–H groups in total. The Morgan fingerprint density at radius 2 is 1.96 bits per heavy atom. The fourth-order valence-electron chi connectivity index (χ4n) is 3.95. The van der Waals surface area contributed by atoms with Crippen LogP contribution in [0.4, 0.5) is 0 Å². The molecule has 2 aromatic rings. The molecule has 2 unspecified atom stereocenters. The number of nitrogens with zero attached hydrogens (tertiary/aromatic N) is 4. The second kappa shape index (κ2) is 6.38. The van der Waals surface area contributed by atoms with Gasteiger partial charge in [-0.05, 0) is 37.7 Å². The molecule has 5 nitrogen and oxygen atoms in total. The van der Waals surface area contributed by atoms with Gasteiger partial charge in [0.15, 0.2) is 0 Å². The Morgan fingerprint density at radius 3 is 2.67 bits per heavy atom. The molecule has 0 bridgehead atoms. The Kier molecular flexibility index (Phi) is 4.08. The summed E-state index contributed by atoms with van der Waals surface area (Å²) in [7, 11) is 0. The lowest BCUT2D eigenvalue weighted by molar-refractivity contribution is -0.133. The van der Waals surface area contributed by atoms with Crippen molar-refractivity contribution in [3.8, 4) is 0 Å². The van der Waals surface area contributed by atoms with Crippen molar-refractivity contribution in [2.45, 2.75) is 44.6 Å². The van der Waals surface area contributed by atoms with Crippen molar-refractivity contribution >= 4 is 5.91 Å². The third-order valence-corrected chi connectivity index (χ3v) is 5.49. The lowest BCUT2D eigenvalue weighted by Crippen LogP contribution is -2.39. The summed E-state index contributed by atoms with van der Waals surface area (Å²) in [6.07, 6.45) is 4.80. The predicted molar refractivity (Wildman–Crippen MR) is 91.5 cm³/mol. The third kappa shape index (κ3) is 2.83. The number of aromatic nitrogens is 3. The summed E-state index contributed by atoms with van der Waals surface area (Å²) in [4.78, 5) is 14.8. The van der Waals surface area contributed by atoms with E-state index < -0.39 is 0 Å². The minimum absolute atomic E-state index is 0.197. The number of rotatable bonds is 4. The summed E-state index contributed by atoms with van der Waals surface area (Å²) in [6.45, 7) is 4.71. The molecule has 2 fully saturated rings. The molecule has 2 aliphatic rings. The van der Waals surface area contributed by atoms with Crippen LogP contribution >= 0.6 is 0 Å². The Morgan fingerprint density at radius 1 is 1.21 bits per heavy atom. The van der Waals surface area contributed by atoms with Crippen LogP contribution in [-0.2, 0) is 11.3 Å². The maximum absolute atomic E-state index is 12.8. The largest absolute Gasteiger partial charge is 0.342 e. The Hall–Kier alpha value is -2.17. The van der Waals surface area contributed by atoms with Crippen LogP contribution in [0.1, 0.15) is 49.4 Å². The normalized spacial score (nSPS) is 24.1. The molecule has 5 heteroatoms. The molecular formula is C19H24N4O. The highest BCUT2D eigenvalue weighted by molar-refractivity contribution is 5.83. The zero-order valence-corrected chi connectivity index (χ0v) is 14.1. The van der Waals surface area contributed by atoms with Crippen molar-refractivity contribution in [3.05, 3.63) is 48.0 Å². The SMILES string of the molecule is CCn1cnnc1C1CCN(C(=O)C2CC2c2ccccc2)CC1. The van der Waals surface area contributed by atoms with E-state index in [0.29, 0.717) is 17.7 Å². The summed E-state index contributed by atoms with van der Waals surface area (Å²) in [5, 5.41) is 8.33. The van der Waals surface area contributed by atoms with E-state index in [0.717, 1.165) is 44.7 Å². The molecule has 1 saturated heterocycles. The zero-order chi connectivity index (χ0) is 16.5. The summed E-state index contributed by atoms with van der Waals surface area (Å²) in [5.41, 5.74) is 1.31. The molecule has 0 radical (unpaired) electrons. The average Bonchev–Trinajstić information content (AvgIpc) is 3.31. The van der Waals surface area contributed by atoms with Gasteiger partial charge in [0.1, 0.15) is 12.2 Å². The highest BCUT2D eigenvalue weighted by Crippen LogP contribution is 2.48. The second-order valence-corrected chi connectivity index (χ2v) is 6.93. The first kappa shape index (κ1) is 15.4. The molecule has 1 aliphatic heterocycles. The number of hydrogen-bond donors (Lipinski definition) is 0. The van der Waals surface area contributed by atoms with Gasteiger partial charge in [-0.15, -0.1) is 10.2 Å². The van der Waals surface area contributed by atoms with E-state index in [-0.39, 0.29) is 5.92 Å². The molecule has 24 heavy (non-hydrogen) atoms. The fourth-order valence-corrected chi connectivity index (χ4v) is 3.95. The van der Waals surface area contributed by atoms with Crippen LogP contribution in [0.5, 0.6) is 0 Å². The Labute approximate surface area is 142 Å². The van der Waals surface area contributed by atoms with Crippen LogP contribution in [0, 0.1) is 5.92 Å². The van der Waals surface area contributed by atoms with E-state index >= 15 is 0 Å². The van der Waals surface area contributed by atoms with Gasteiger partial charge in [-0.2, -0.15) is 0 Å². The van der Waals surface area contributed by atoms with E-state index in [1.54, 1.807) is 0 Å². The molecule has 1 aromatic carbocycles. The summed E-state index contributed by atoms with van der Waals surface area (Å²) in [5.74, 6) is 2.49. The lowest BCUT2D eigenvalue weighted by Gasteiger charge is -2.32. The molecule has 126 valence electrons. The van der Waals surface area contributed by atoms with Gasteiger partial charge < -0.3 is 9.47 Å². The Balaban J connectivity index is 1.34. The number of benzene rings is 1. The highest BCUT2D eigenvalue weighted by atomic mass is 16.2. The van der Waals surface area contributed by atoms with Gasteiger partial charge in [-0.1, -0.05) is 30.3 Å². The van der Waals surface area contributed by atoms with Crippen molar-refractivity contribution in [2.24, 2.45) is 5.92 Å². The van der Waals surface area contributed by atoms with Crippen LogP contribution in [0.2, 0.25) is 0 Å². The first-order chi connectivity index (χ1) is 11.8. The average molecular weight is 324 g/mol. The number of amides is 1. The maximum Gasteiger partial charge on any atom is 0.226 e. The predicted octanol–water partition coefficient (Wildman–Crippen LogP) is 2.81. The molecule has 2 atom stereocenters. The van der Waals surface area contributed by atoms with Crippen LogP contribution < -0.4 is 0 Å². The van der Waals surface area contributed by atoms with Gasteiger partial charge in [0, 0.05) is 31.5 Å². The van der Waals surface area contributed by atoms with E-state index in [4.69, 9.17) is 0 Å². The van der Waals surface area contributed by atoms with Crippen molar-refractivity contribution in [3.63, 3.8) is 0 Å². The number of aryl methyl sites for hydroxylation is 1. The smallest absolute Gasteiger partial charge is 0.226 e. The van der Waals surface area contributed by atoms with Crippen LogP contribution in [0.15, 0.2) is 36.7 Å². The molecule has 1 saturated carbocycles. The maximum atomic E-state index is 12.8. The van der Waals surface area contributed by atoms with Gasteiger partial charge >= 0.3 is 0 Å². The van der Waals surface area contributed by atoms with E-state index in [1.165, 1.54) is 5.56 Å². The van der Waals surface area contributed by atoms with Crippen molar-refractivity contribution in [1.82, 2.24) is 19.7 Å². The molecule has 4 rings (SSSR count). The fraction of sp³-hybridized carbons (Fsp3) is 0.526. The monoisotopic (exact) mass is 324 g/mol. The first-order valence-electron chi connectivity index (χ1n) is 8.99. The number of carbonyl (C=O) groups is 1. The van der Waals surface area contributed by atoms with Gasteiger partial charge in [-0.3, -0.25) is 4.79 Å². The molecule has 1 amide bonds. The molecule has 1 aliphatic carbocycles. The van der Waals surface area contributed by atoms with Crippen LogP contribution in [0.25, 0.3) is 0 Å². The van der Waals surface area contributed by atoms with Gasteiger partial charge in [0.25, 0.3) is 0 Å². The zero-order valence-electron chi connectivity index (χ0n) is 14.1. The third-order valence-electron chi connectivity index (χ3n) is 5.49. The topological polar surface area (TPSA) is 51.0 Å². The number of carbonyl (C=O) groups excluding carboxylic acids is 1.